The Kier molecular flexibility index (Phi) is 9.91. The van der Waals surface area contributed by atoms with Crippen LogP contribution in [-0.4, -0.2) is 59.6 Å². The van der Waals surface area contributed by atoms with Gasteiger partial charge in [0, 0.05) is 38.2 Å². The van der Waals surface area contributed by atoms with E-state index in [0.29, 0.717) is 32.0 Å². The van der Waals surface area contributed by atoms with Gasteiger partial charge in [-0.2, -0.15) is 0 Å². The second-order valence-electron chi connectivity index (χ2n) is 12.1. The predicted molar refractivity (Wildman–Crippen MR) is 155 cm³/mol. The summed E-state index contributed by atoms with van der Waals surface area (Å²) in [5, 5.41) is 0. The Morgan fingerprint density at radius 3 is 2.32 bits per heavy atom. The molecule has 2 amide bonds. The van der Waals surface area contributed by atoms with Crippen molar-refractivity contribution in [3.05, 3.63) is 64.7 Å². The summed E-state index contributed by atoms with van der Waals surface area (Å²) in [7, 11) is 1.34. The summed E-state index contributed by atoms with van der Waals surface area (Å²) < 4.78 is 16.5. The van der Waals surface area contributed by atoms with E-state index in [1.165, 1.54) is 12.7 Å². The Morgan fingerprint density at radius 1 is 1.00 bits per heavy atom. The normalized spacial score (nSPS) is 16.6. The molecule has 0 aliphatic carbocycles. The molecule has 2 aliphatic heterocycles. The lowest BCUT2D eigenvalue weighted by Crippen LogP contribution is -2.42. The standard InChI is InChI=1S/C32H43N3O6/c1-32(2,3)41-31(38)34-16-14-23(15-17-34)18-22-8-10-24(11-9-22)21-40-28-7-5-6-25-19-35(20-26(25)28)27(30(33)37)12-13-29(36)39-4/h5-11,23,27H,12-21H2,1-4H3,(H2,33,37). The summed E-state index contributed by atoms with van der Waals surface area (Å²) >= 11 is 0. The van der Waals surface area contributed by atoms with E-state index < -0.39 is 17.6 Å². The lowest BCUT2D eigenvalue weighted by molar-refractivity contribution is -0.141. The van der Waals surface area contributed by atoms with Crippen molar-refractivity contribution in [2.75, 3.05) is 20.2 Å². The number of hydrogen-bond acceptors (Lipinski definition) is 7. The molecule has 2 aliphatic rings. The molecule has 4 rings (SSSR count). The Balaban J connectivity index is 1.27. The summed E-state index contributed by atoms with van der Waals surface area (Å²) in [6.07, 6.45) is 3.17. The van der Waals surface area contributed by atoms with Gasteiger partial charge in [-0.05, 0) is 75.1 Å². The maximum atomic E-state index is 12.3. The van der Waals surface area contributed by atoms with Gasteiger partial charge in [0.2, 0.25) is 5.91 Å². The molecule has 0 radical (unpaired) electrons. The first kappa shape index (κ1) is 30.4. The minimum atomic E-state index is -0.550. The highest BCUT2D eigenvalue weighted by Crippen LogP contribution is 2.33. The van der Waals surface area contributed by atoms with Crippen molar-refractivity contribution in [1.82, 2.24) is 9.80 Å². The topological polar surface area (TPSA) is 111 Å². The first-order chi connectivity index (χ1) is 19.5. The molecule has 0 aromatic heterocycles. The summed E-state index contributed by atoms with van der Waals surface area (Å²) in [6.45, 7) is 8.69. The highest BCUT2D eigenvalue weighted by atomic mass is 16.6. The van der Waals surface area contributed by atoms with Gasteiger partial charge in [-0.3, -0.25) is 14.5 Å². The van der Waals surface area contributed by atoms with Gasteiger partial charge in [-0.25, -0.2) is 4.79 Å². The molecule has 41 heavy (non-hydrogen) atoms. The fourth-order valence-corrected chi connectivity index (χ4v) is 5.55. The van der Waals surface area contributed by atoms with Crippen LogP contribution >= 0.6 is 0 Å². The smallest absolute Gasteiger partial charge is 0.410 e. The Bertz CT molecular complexity index is 1210. The number of esters is 1. The zero-order valence-corrected chi connectivity index (χ0v) is 24.7. The van der Waals surface area contributed by atoms with Crippen LogP contribution in [0.5, 0.6) is 5.75 Å². The Labute approximate surface area is 242 Å². The molecule has 0 spiro atoms. The van der Waals surface area contributed by atoms with Gasteiger partial charge in [0.05, 0.1) is 13.2 Å². The molecule has 2 aromatic carbocycles. The zero-order chi connectivity index (χ0) is 29.6. The lowest BCUT2D eigenvalue weighted by atomic mass is 9.90. The zero-order valence-electron chi connectivity index (χ0n) is 24.7. The van der Waals surface area contributed by atoms with Crippen molar-refractivity contribution in [2.45, 2.75) is 84.2 Å². The number of fused-ring (bicyclic) bond motifs is 1. The minimum Gasteiger partial charge on any atom is -0.489 e. The molecule has 1 unspecified atom stereocenters. The maximum Gasteiger partial charge on any atom is 0.410 e. The predicted octanol–water partition coefficient (Wildman–Crippen LogP) is 4.58. The fraction of sp³-hybridized carbons (Fsp3) is 0.531. The lowest BCUT2D eigenvalue weighted by Gasteiger charge is -2.33. The summed E-state index contributed by atoms with van der Waals surface area (Å²) in [5.74, 6) is 0.536. The van der Waals surface area contributed by atoms with E-state index in [1.807, 2.05) is 48.8 Å². The monoisotopic (exact) mass is 565 g/mol. The number of rotatable bonds is 10. The number of carbonyl (C=O) groups is 3. The molecule has 9 nitrogen and oxygen atoms in total. The molecule has 9 heteroatoms. The van der Waals surface area contributed by atoms with E-state index in [-0.39, 0.29) is 18.5 Å². The van der Waals surface area contributed by atoms with Crippen molar-refractivity contribution >= 4 is 18.0 Å². The van der Waals surface area contributed by atoms with Crippen LogP contribution in [0.4, 0.5) is 4.79 Å². The second-order valence-corrected chi connectivity index (χ2v) is 12.1. The van der Waals surface area contributed by atoms with Crippen molar-refractivity contribution < 1.29 is 28.6 Å². The van der Waals surface area contributed by atoms with Gasteiger partial charge in [0.15, 0.2) is 0 Å². The molecule has 1 saturated heterocycles. The number of methoxy groups -OCH3 is 1. The van der Waals surface area contributed by atoms with Gasteiger partial charge in [-0.1, -0.05) is 36.4 Å². The molecule has 1 atom stereocenters. The average molecular weight is 566 g/mol. The summed E-state index contributed by atoms with van der Waals surface area (Å²) in [5.41, 5.74) is 9.71. The second kappa shape index (κ2) is 13.4. The molecule has 2 N–H and O–H groups in total. The first-order valence-electron chi connectivity index (χ1n) is 14.4. The first-order valence-corrected chi connectivity index (χ1v) is 14.4. The van der Waals surface area contributed by atoms with Crippen LogP contribution in [0.3, 0.4) is 0 Å². The summed E-state index contributed by atoms with van der Waals surface area (Å²) in [4.78, 5) is 39.9. The number of amides is 2. The van der Waals surface area contributed by atoms with Gasteiger partial charge in [-0.15, -0.1) is 0 Å². The third-order valence-corrected chi connectivity index (χ3v) is 7.79. The van der Waals surface area contributed by atoms with Gasteiger partial charge in [0.25, 0.3) is 0 Å². The van der Waals surface area contributed by atoms with Crippen molar-refractivity contribution in [3.63, 3.8) is 0 Å². The Hall–Kier alpha value is -3.59. The van der Waals surface area contributed by atoms with E-state index in [4.69, 9.17) is 19.9 Å². The van der Waals surface area contributed by atoms with E-state index >= 15 is 0 Å². The number of ether oxygens (including phenoxy) is 3. The van der Waals surface area contributed by atoms with Crippen LogP contribution in [0.25, 0.3) is 0 Å². The van der Waals surface area contributed by atoms with Crippen molar-refractivity contribution in [1.29, 1.82) is 0 Å². The van der Waals surface area contributed by atoms with Crippen LogP contribution in [0.1, 0.15) is 68.7 Å². The largest absolute Gasteiger partial charge is 0.489 e. The third kappa shape index (κ3) is 8.45. The minimum absolute atomic E-state index is 0.140. The van der Waals surface area contributed by atoms with Gasteiger partial charge in [0.1, 0.15) is 18.0 Å². The molecule has 0 bridgehead atoms. The van der Waals surface area contributed by atoms with Crippen molar-refractivity contribution in [3.8, 4) is 5.75 Å². The maximum absolute atomic E-state index is 12.3. The number of likely N-dealkylation sites (tertiary alicyclic amines) is 1. The number of nitrogens with zero attached hydrogens (tertiary/aromatic N) is 2. The van der Waals surface area contributed by atoms with Gasteiger partial charge < -0.3 is 24.8 Å². The number of benzene rings is 2. The molecule has 222 valence electrons. The SMILES string of the molecule is COC(=O)CCC(C(N)=O)N1Cc2cccc(OCc3ccc(CC4CCN(C(=O)OC(C)(C)C)CC4)cc3)c2C1. The van der Waals surface area contributed by atoms with Crippen molar-refractivity contribution in [2.24, 2.45) is 11.7 Å². The van der Waals surface area contributed by atoms with Crippen LogP contribution in [0.15, 0.2) is 42.5 Å². The van der Waals surface area contributed by atoms with E-state index in [1.54, 1.807) is 0 Å². The van der Waals surface area contributed by atoms with Crippen LogP contribution in [0, 0.1) is 5.92 Å². The van der Waals surface area contributed by atoms with E-state index in [2.05, 4.69) is 24.3 Å². The fourth-order valence-electron chi connectivity index (χ4n) is 5.55. The molecule has 0 saturated carbocycles. The Morgan fingerprint density at radius 2 is 1.68 bits per heavy atom. The highest BCUT2D eigenvalue weighted by Gasteiger charge is 2.32. The van der Waals surface area contributed by atoms with Crippen LogP contribution < -0.4 is 10.5 Å². The highest BCUT2D eigenvalue weighted by molar-refractivity contribution is 5.81. The third-order valence-electron chi connectivity index (χ3n) is 7.79. The number of carbonyl (C=O) groups excluding carboxylic acids is 3. The molecule has 1 fully saturated rings. The number of nitrogens with two attached hydrogens (primary N) is 1. The molecule has 2 aromatic rings. The number of hydrogen-bond donors (Lipinski definition) is 1. The quantitative estimate of drug-likeness (QED) is 0.420. The van der Waals surface area contributed by atoms with E-state index in [0.717, 1.165) is 54.8 Å². The van der Waals surface area contributed by atoms with Crippen LogP contribution in [0.2, 0.25) is 0 Å². The van der Waals surface area contributed by atoms with E-state index in [9.17, 15) is 14.4 Å². The number of primary amides is 1. The average Bonchev–Trinajstić information content (AvgIpc) is 3.36. The molecular weight excluding hydrogens is 522 g/mol. The molecule has 2 heterocycles. The molecular formula is C32H43N3O6. The summed E-state index contributed by atoms with van der Waals surface area (Å²) in [6, 6.07) is 13.9. The van der Waals surface area contributed by atoms with Crippen LogP contribution in [-0.2, 0) is 45.2 Å². The number of piperidine rings is 1. The van der Waals surface area contributed by atoms with Gasteiger partial charge >= 0.3 is 12.1 Å².